The maximum atomic E-state index is 3.54. The Labute approximate surface area is 134 Å². The van der Waals surface area contributed by atoms with Crippen LogP contribution in [-0.2, 0) is 12.8 Å². The Hall–Kier alpha value is -0.870. The first-order valence-corrected chi connectivity index (χ1v) is 8.35. The summed E-state index contributed by atoms with van der Waals surface area (Å²) in [6.07, 6.45) is 3.65. The molecular formula is C18H20IN. The molecule has 0 aliphatic heterocycles. The predicted octanol–water partition coefficient (Wildman–Crippen LogP) is 4.36. The van der Waals surface area contributed by atoms with Gasteiger partial charge in [0.05, 0.1) is 0 Å². The van der Waals surface area contributed by atoms with Gasteiger partial charge in [0.25, 0.3) is 0 Å². The van der Waals surface area contributed by atoms with Crippen molar-refractivity contribution in [3.63, 3.8) is 0 Å². The van der Waals surface area contributed by atoms with Crippen molar-refractivity contribution in [3.8, 4) is 0 Å². The van der Waals surface area contributed by atoms with Crippen LogP contribution in [0.2, 0.25) is 0 Å². The molecule has 0 saturated carbocycles. The van der Waals surface area contributed by atoms with E-state index in [1.807, 2.05) is 0 Å². The van der Waals surface area contributed by atoms with Crippen LogP contribution < -0.4 is 5.32 Å². The molecule has 0 aromatic heterocycles. The fourth-order valence-corrected chi connectivity index (χ4v) is 3.72. The van der Waals surface area contributed by atoms with E-state index in [2.05, 4.69) is 83.5 Å². The second-order valence-electron chi connectivity index (χ2n) is 5.59. The van der Waals surface area contributed by atoms with Gasteiger partial charge in [-0.25, -0.2) is 0 Å². The van der Waals surface area contributed by atoms with E-state index in [1.54, 1.807) is 0 Å². The minimum Gasteiger partial charge on any atom is -0.313 e. The van der Waals surface area contributed by atoms with Crippen LogP contribution in [0.15, 0.2) is 48.5 Å². The van der Waals surface area contributed by atoms with Gasteiger partial charge in [-0.05, 0) is 83.6 Å². The molecule has 0 heterocycles. The Morgan fingerprint density at radius 3 is 2.60 bits per heavy atom. The molecular weight excluding hydrogens is 357 g/mol. The van der Waals surface area contributed by atoms with Crippen LogP contribution >= 0.6 is 22.6 Å². The molecule has 20 heavy (non-hydrogen) atoms. The van der Waals surface area contributed by atoms with Crippen LogP contribution in [-0.4, -0.2) is 7.05 Å². The lowest BCUT2D eigenvalue weighted by Gasteiger charge is -2.33. The fraction of sp³-hybridized carbons (Fsp3) is 0.333. The number of hydrogen-bond donors (Lipinski definition) is 1. The molecule has 0 fully saturated rings. The van der Waals surface area contributed by atoms with Gasteiger partial charge in [0.2, 0.25) is 0 Å². The van der Waals surface area contributed by atoms with E-state index >= 15 is 0 Å². The van der Waals surface area contributed by atoms with E-state index in [-0.39, 0.29) is 0 Å². The summed E-state index contributed by atoms with van der Waals surface area (Å²) >= 11 is 2.37. The number of rotatable bonds is 3. The highest BCUT2D eigenvalue weighted by Crippen LogP contribution is 2.36. The predicted molar refractivity (Wildman–Crippen MR) is 92.9 cm³/mol. The first-order chi connectivity index (χ1) is 9.78. The summed E-state index contributed by atoms with van der Waals surface area (Å²) in [6.45, 7) is 0. The van der Waals surface area contributed by atoms with Gasteiger partial charge in [-0.2, -0.15) is 0 Å². The Kier molecular flexibility index (Phi) is 4.41. The van der Waals surface area contributed by atoms with Gasteiger partial charge in [0.15, 0.2) is 0 Å². The van der Waals surface area contributed by atoms with E-state index in [0.717, 1.165) is 6.42 Å². The van der Waals surface area contributed by atoms with Crippen molar-refractivity contribution < 1.29 is 0 Å². The highest BCUT2D eigenvalue weighted by Gasteiger charge is 2.28. The Morgan fingerprint density at radius 1 is 1.10 bits per heavy atom. The average Bonchev–Trinajstić information content (AvgIpc) is 2.49. The number of halogens is 1. The molecule has 1 nitrogen and oxygen atoms in total. The van der Waals surface area contributed by atoms with Crippen molar-refractivity contribution in [2.45, 2.75) is 25.3 Å². The first-order valence-electron chi connectivity index (χ1n) is 7.27. The molecule has 2 unspecified atom stereocenters. The zero-order valence-corrected chi connectivity index (χ0v) is 13.9. The van der Waals surface area contributed by atoms with Gasteiger partial charge >= 0.3 is 0 Å². The van der Waals surface area contributed by atoms with E-state index in [1.165, 1.54) is 33.1 Å². The molecule has 2 aromatic carbocycles. The lowest BCUT2D eigenvalue weighted by atomic mass is 9.77. The smallest absolute Gasteiger partial charge is 0.0352 e. The third kappa shape index (κ3) is 2.91. The minimum atomic E-state index is 0.485. The lowest BCUT2D eigenvalue weighted by Crippen LogP contribution is -2.31. The van der Waals surface area contributed by atoms with Crippen molar-refractivity contribution in [1.82, 2.24) is 5.32 Å². The number of nitrogens with one attached hydrogen (secondary N) is 1. The standard InChI is InChI=1S/C18H20IN/c1-20-18-15(12-13-6-10-16(19)11-7-13)9-8-14-4-2-3-5-17(14)18/h2-7,10-11,15,18,20H,8-9,12H2,1H3. The van der Waals surface area contributed by atoms with E-state index < -0.39 is 0 Å². The van der Waals surface area contributed by atoms with Gasteiger partial charge in [-0.15, -0.1) is 0 Å². The summed E-state index contributed by atoms with van der Waals surface area (Å²) in [6, 6.07) is 18.3. The second kappa shape index (κ2) is 6.27. The molecule has 1 aliphatic carbocycles. The Morgan fingerprint density at radius 2 is 1.85 bits per heavy atom. The van der Waals surface area contributed by atoms with E-state index in [9.17, 15) is 0 Å². The molecule has 0 bridgehead atoms. The molecule has 0 spiro atoms. The monoisotopic (exact) mass is 377 g/mol. The zero-order valence-electron chi connectivity index (χ0n) is 11.8. The van der Waals surface area contributed by atoms with E-state index in [4.69, 9.17) is 0 Å². The molecule has 1 N–H and O–H groups in total. The van der Waals surface area contributed by atoms with Crippen molar-refractivity contribution in [1.29, 1.82) is 0 Å². The highest BCUT2D eigenvalue weighted by atomic mass is 127. The number of hydrogen-bond acceptors (Lipinski definition) is 1. The number of fused-ring (bicyclic) bond motifs is 1. The van der Waals surface area contributed by atoms with Crippen molar-refractivity contribution in [2.24, 2.45) is 5.92 Å². The SMILES string of the molecule is CNC1c2ccccc2CCC1Cc1ccc(I)cc1. The van der Waals surface area contributed by atoms with Gasteiger partial charge < -0.3 is 5.32 Å². The van der Waals surface area contributed by atoms with Crippen LogP contribution in [0.25, 0.3) is 0 Å². The zero-order chi connectivity index (χ0) is 13.9. The largest absolute Gasteiger partial charge is 0.313 e. The molecule has 0 saturated heterocycles. The summed E-state index contributed by atoms with van der Waals surface area (Å²) in [5.41, 5.74) is 4.47. The highest BCUT2D eigenvalue weighted by molar-refractivity contribution is 14.1. The van der Waals surface area contributed by atoms with Gasteiger partial charge in [-0.3, -0.25) is 0 Å². The molecule has 2 aromatic rings. The van der Waals surface area contributed by atoms with Crippen LogP contribution in [0.4, 0.5) is 0 Å². The van der Waals surface area contributed by atoms with Crippen molar-refractivity contribution in [2.75, 3.05) is 7.05 Å². The molecule has 0 amide bonds. The molecule has 104 valence electrons. The maximum Gasteiger partial charge on any atom is 0.0352 e. The normalized spacial score (nSPS) is 21.5. The van der Waals surface area contributed by atoms with Gasteiger partial charge in [0.1, 0.15) is 0 Å². The summed E-state index contributed by atoms with van der Waals surface area (Å²) < 4.78 is 1.31. The molecule has 1 aliphatic rings. The summed E-state index contributed by atoms with van der Waals surface area (Å²) in [7, 11) is 2.09. The molecule has 2 heteroatoms. The van der Waals surface area contributed by atoms with Crippen LogP contribution in [0.1, 0.15) is 29.2 Å². The number of benzene rings is 2. The Bertz CT molecular complexity index is 576. The molecule has 2 atom stereocenters. The third-order valence-electron chi connectivity index (χ3n) is 4.37. The summed E-state index contributed by atoms with van der Waals surface area (Å²) in [5, 5.41) is 3.54. The van der Waals surface area contributed by atoms with Crippen molar-refractivity contribution >= 4 is 22.6 Å². The maximum absolute atomic E-state index is 3.54. The minimum absolute atomic E-state index is 0.485. The molecule has 3 rings (SSSR count). The van der Waals surface area contributed by atoms with Gasteiger partial charge in [-0.1, -0.05) is 36.4 Å². The lowest BCUT2D eigenvalue weighted by molar-refractivity contribution is 0.335. The first kappa shape index (κ1) is 14.1. The number of aryl methyl sites for hydroxylation is 1. The Balaban J connectivity index is 1.82. The van der Waals surface area contributed by atoms with Crippen LogP contribution in [0.5, 0.6) is 0 Å². The summed E-state index contributed by atoms with van der Waals surface area (Å²) in [4.78, 5) is 0. The topological polar surface area (TPSA) is 12.0 Å². The van der Waals surface area contributed by atoms with E-state index in [0.29, 0.717) is 12.0 Å². The quantitative estimate of drug-likeness (QED) is 0.784. The van der Waals surface area contributed by atoms with Gasteiger partial charge in [0, 0.05) is 9.61 Å². The fourth-order valence-electron chi connectivity index (χ4n) is 3.36. The third-order valence-corrected chi connectivity index (χ3v) is 5.09. The van der Waals surface area contributed by atoms with Crippen LogP contribution in [0, 0.1) is 9.49 Å². The van der Waals surface area contributed by atoms with Crippen molar-refractivity contribution in [3.05, 3.63) is 68.8 Å². The molecule has 0 radical (unpaired) electrons. The second-order valence-corrected chi connectivity index (χ2v) is 6.84. The average molecular weight is 377 g/mol. The summed E-state index contributed by atoms with van der Waals surface area (Å²) in [5.74, 6) is 0.690. The van der Waals surface area contributed by atoms with Crippen LogP contribution in [0.3, 0.4) is 0 Å².